The highest BCUT2D eigenvalue weighted by atomic mass is 16.4. The summed E-state index contributed by atoms with van der Waals surface area (Å²) in [4.78, 5) is 25.0. The van der Waals surface area contributed by atoms with Crippen LogP contribution in [0.3, 0.4) is 0 Å². The fraction of sp³-hybridized carbons (Fsp3) is 0.556. The molecular formula is C18H25N3O3. The van der Waals surface area contributed by atoms with Gasteiger partial charge in [-0.3, -0.25) is 4.79 Å². The van der Waals surface area contributed by atoms with Gasteiger partial charge in [0.25, 0.3) is 0 Å². The van der Waals surface area contributed by atoms with Gasteiger partial charge in [0, 0.05) is 26.2 Å². The molecule has 1 aromatic carbocycles. The smallest absolute Gasteiger partial charge is 0.312 e. The number of hydrogen-bond acceptors (Lipinski definition) is 3. The molecule has 24 heavy (non-hydrogen) atoms. The Kier molecular flexibility index (Phi) is 4.76. The highest BCUT2D eigenvalue weighted by Crippen LogP contribution is 2.51. The topological polar surface area (TPSA) is 95.7 Å². The molecule has 4 N–H and O–H groups in total. The first-order valence-corrected chi connectivity index (χ1v) is 8.55. The maximum Gasteiger partial charge on any atom is 0.312 e. The number of urea groups is 1. The van der Waals surface area contributed by atoms with Gasteiger partial charge < -0.3 is 21.1 Å². The van der Waals surface area contributed by atoms with E-state index < -0.39 is 17.4 Å². The molecule has 0 spiro atoms. The van der Waals surface area contributed by atoms with Crippen molar-refractivity contribution in [2.45, 2.75) is 25.2 Å². The number of primary amides is 1. The van der Waals surface area contributed by atoms with Crippen LogP contribution in [-0.2, 0) is 4.79 Å². The van der Waals surface area contributed by atoms with E-state index in [0.717, 1.165) is 19.4 Å². The second kappa shape index (κ2) is 6.81. The van der Waals surface area contributed by atoms with Crippen LogP contribution in [0.5, 0.6) is 0 Å². The average Bonchev–Trinajstić information content (AvgIpc) is 2.94. The molecule has 2 aliphatic rings. The lowest BCUT2D eigenvalue weighted by Gasteiger charge is -2.38. The van der Waals surface area contributed by atoms with Crippen molar-refractivity contribution in [2.75, 3.05) is 26.2 Å². The first-order valence-electron chi connectivity index (χ1n) is 8.55. The lowest BCUT2D eigenvalue weighted by atomic mass is 9.64. The molecule has 1 saturated heterocycles. The van der Waals surface area contributed by atoms with Crippen molar-refractivity contribution in [2.24, 2.45) is 17.1 Å². The highest BCUT2D eigenvalue weighted by molar-refractivity contribution is 5.76. The van der Waals surface area contributed by atoms with Crippen molar-refractivity contribution in [3.63, 3.8) is 0 Å². The van der Waals surface area contributed by atoms with Crippen LogP contribution < -0.4 is 11.1 Å². The van der Waals surface area contributed by atoms with E-state index in [1.807, 2.05) is 18.2 Å². The second-order valence-electron chi connectivity index (χ2n) is 7.07. The standard InChI is InChI=1S/C18H25N3O3/c19-17(24)20-8-9-21-11-15-10-14(13-4-2-1-3-5-13)6-7-18(15,12-21)16(22)23/h1-5,14-15H,6-12H2,(H,22,23)(H3,19,20,24)/t14-,15-,18-/m0/s1. The van der Waals surface area contributed by atoms with Gasteiger partial charge in [0.05, 0.1) is 5.41 Å². The van der Waals surface area contributed by atoms with Gasteiger partial charge in [-0.15, -0.1) is 0 Å². The molecule has 3 rings (SSSR count). The highest BCUT2D eigenvalue weighted by Gasteiger charge is 2.54. The van der Waals surface area contributed by atoms with Crippen LogP contribution in [0.1, 0.15) is 30.7 Å². The lowest BCUT2D eigenvalue weighted by molar-refractivity contribution is -0.152. The van der Waals surface area contributed by atoms with Crippen molar-refractivity contribution in [1.82, 2.24) is 10.2 Å². The zero-order chi connectivity index (χ0) is 17.2. The molecule has 1 saturated carbocycles. The van der Waals surface area contributed by atoms with Gasteiger partial charge in [-0.05, 0) is 36.7 Å². The number of amides is 2. The molecule has 0 bridgehead atoms. The minimum Gasteiger partial charge on any atom is -0.481 e. The minimum absolute atomic E-state index is 0.155. The summed E-state index contributed by atoms with van der Waals surface area (Å²) in [5.41, 5.74) is 5.76. The van der Waals surface area contributed by atoms with Gasteiger partial charge >= 0.3 is 12.0 Å². The number of likely N-dealkylation sites (tertiary alicyclic amines) is 1. The largest absolute Gasteiger partial charge is 0.481 e. The van der Waals surface area contributed by atoms with E-state index >= 15 is 0 Å². The third kappa shape index (κ3) is 3.24. The molecule has 1 heterocycles. The number of fused-ring (bicyclic) bond motifs is 1. The fourth-order valence-electron chi connectivity index (χ4n) is 4.44. The van der Waals surface area contributed by atoms with Crippen molar-refractivity contribution >= 4 is 12.0 Å². The maximum atomic E-state index is 12.0. The molecule has 0 radical (unpaired) electrons. The summed E-state index contributed by atoms with van der Waals surface area (Å²) in [6.45, 7) is 2.44. The molecule has 0 unspecified atom stereocenters. The molecule has 3 atom stereocenters. The van der Waals surface area contributed by atoms with Gasteiger partial charge in [0.15, 0.2) is 0 Å². The number of rotatable bonds is 5. The summed E-state index contributed by atoms with van der Waals surface area (Å²) in [6, 6.07) is 9.85. The van der Waals surface area contributed by atoms with Crippen LogP contribution in [0, 0.1) is 11.3 Å². The van der Waals surface area contributed by atoms with E-state index in [4.69, 9.17) is 5.73 Å². The quantitative estimate of drug-likeness (QED) is 0.764. The van der Waals surface area contributed by atoms with Crippen LogP contribution in [0.25, 0.3) is 0 Å². The number of carboxylic acid groups (broad SMARTS) is 1. The Balaban J connectivity index is 1.69. The van der Waals surface area contributed by atoms with Crippen LogP contribution in [-0.4, -0.2) is 48.2 Å². The SMILES string of the molecule is NC(=O)NCCN1C[C@@H]2C[C@@H](c3ccccc3)CC[C@]2(C(=O)O)C1. The number of nitrogens with one attached hydrogen (secondary N) is 1. The van der Waals surface area contributed by atoms with Crippen LogP contribution >= 0.6 is 0 Å². The summed E-state index contributed by atoms with van der Waals surface area (Å²) in [6.07, 6.45) is 2.54. The van der Waals surface area contributed by atoms with Gasteiger partial charge in [-0.2, -0.15) is 0 Å². The third-order valence-corrected chi connectivity index (χ3v) is 5.70. The Morgan fingerprint density at radius 1 is 1.33 bits per heavy atom. The second-order valence-corrected chi connectivity index (χ2v) is 7.07. The molecule has 1 aliphatic heterocycles. The first kappa shape index (κ1) is 16.8. The number of aliphatic carboxylic acids is 1. The molecule has 0 aromatic heterocycles. The molecule has 2 fully saturated rings. The number of benzene rings is 1. The molecular weight excluding hydrogens is 306 g/mol. The van der Waals surface area contributed by atoms with Crippen molar-refractivity contribution in [3.8, 4) is 0 Å². The van der Waals surface area contributed by atoms with E-state index in [-0.39, 0.29) is 5.92 Å². The van der Waals surface area contributed by atoms with Gasteiger partial charge in [0.1, 0.15) is 0 Å². The molecule has 6 nitrogen and oxygen atoms in total. The van der Waals surface area contributed by atoms with Crippen LogP contribution in [0.15, 0.2) is 30.3 Å². The predicted octanol–water partition coefficient (Wildman–Crippen LogP) is 1.63. The Morgan fingerprint density at radius 3 is 2.75 bits per heavy atom. The predicted molar refractivity (Wildman–Crippen MR) is 90.6 cm³/mol. The molecule has 6 heteroatoms. The number of nitrogens with two attached hydrogens (primary N) is 1. The lowest BCUT2D eigenvalue weighted by Crippen LogP contribution is -2.43. The zero-order valence-electron chi connectivity index (χ0n) is 13.8. The van der Waals surface area contributed by atoms with E-state index in [0.29, 0.717) is 32.0 Å². The van der Waals surface area contributed by atoms with Crippen LogP contribution in [0.4, 0.5) is 4.79 Å². The van der Waals surface area contributed by atoms with Crippen molar-refractivity contribution < 1.29 is 14.7 Å². The van der Waals surface area contributed by atoms with Gasteiger partial charge in [0.2, 0.25) is 0 Å². The Hall–Kier alpha value is -2.08. The van der Waals surface area contributed by atoms with Crippen molar-refractivity contribution in [1.29, 1.82) is 0 Å². The maximum absolute atomic E-state index is 12.0. The number of carbonyl (C=O) groups excluding carboxylic acids is 1. The van der Waals surface area contributed by atoms with E-state index in [9.17, 15) is 14.7 Å². The van der Waals surface area contributed by atoms with Gasteiger partial charge in [-0.25, -0.2) is 4.79 Å². The Bertz CT molecular complexity index is 607. The number of carbonyl (C=O) groups is 2. The van der Waals surface area contributed by atoms with E-state index in [2.05, 4.69) is 22.3 Å². The van der Waals surface area contributed by atoms with E-state index in [1.54, 1.807) is 0 Å². The number of hydrogen-bond donors (Lipinski definition) is 3. The van der Waals surface area contributed by atoms with E-state index in [1.165, 1.54) is 5.56 Å². The summed E-state index contributed by atoms with van der Waals surface area (Å²) < 4.78 is 0. The summed E-state index contributed by atoms with van der Waals surface area (Å²) in [5.74, 6) is -0.0840. The molecule has 1 aliphatic carbocycles. The Labute approximate surface area is 142 Å². The summed E-state index contributed by atoms with van der Waals surface area (Å²) in [5, 5.41) is 12.5. The molecule has 1 aromatic rings. The first-order chi connectivity index (χ1) is 11.5. The normalized spacial score (nSPS) is 29.8. The van der Waals surface area contributed by atoms with Crippen LogP contribution in [0.2, 0.25) is 0 Å². The monoisotopic (exact) mass is 331 g/mol. The molecule has 2 amide bonds. The summed E-state index contributed by atoms with van der Waals surface area (Å²) >= 11 is 0. The van der Waals surface area contributed by atoms with Crippen molar-refractivity contribution in [3.05, 3.63) is 35.9 Å². The fourth-order valence-corrected chi connectivity index (χ4v) is 4.44. The average molecular weight is 331 g/mol. The number of nitrogens with zero attached hydrogens (tertiary/aromatic N) is 1. The van der Waals surface area contributed by atoms with Gasteiger partial charge in [-0.1, -0.05) is 30.3 Å². The zero-order valence-corrected chi connectivity index (χ0v) is 13.8. The summed E-state index contributed by atoms with van der Waals surface area (Å²) in [7, 11) is 0. The molecule has 130 valence electrons. The minimum atomic E-state index is -0.677. The Morgan fingerprint density at radius 2 is 2.08 bits per heavy atom. The third-order valence-electron chi connectivity index (χ3n) is 5.70. The number of carboxylic acids is 1.